The molecule has 1 atom stereocenters. The summed E-state index contributed by atoms with van der Waals surface area (Å²) in [6.45, 7) is 6.77. The zero-order valence-corrected chi connectivity index (χ0v) is 11.7. The minimum absolute atomic E-state index is 0.264. The van der Waals surface area contributed by atoms with Crippen molar-refractivity contribution < 1.29 is 12.9 Å². The molecule has 0 aliphatic rings. The van der Waals surface area contributed by atoms with Crippen LogP contribution in [-0.4, -0.2) is 43.4 Å². The molecule has 104 valence electrons. The summed E-state index contributed by atoms with van der Waals surface area (Å²) in [5.41, 5.74) is 0. The van der Waals surface area contributed by atoms with Crippen LogP contribution in [0.25, 0.3) is 0 Å². The van der Waals surface area contributed by atoms with Gasteiger partial charge in [-0.2, -0.15) is 4.98 Å². The second-order valence-corrected chi connectivity index (χ2v) is 6.23. The Morgan fingerprint density at radius 1 is 1.44 bits per heavy atom. The van der Waals surface area contributed by atoms with Crippen molar-refractivity contribution in [3.63, 3.8) is 0 Å². The number of aryl methyl sites for hydroxylation is 1. The third kappa shape index (κ3) is 4.71. The van der Waals surface area contributed by atoms with Gasteiger partial charge in [-0.25, -0.2) is 13.1 Å². The molecule has 1 aromatic heterocycles. The van der Waals surface area contributed by atoms with E-state index in [0.29, 0.717) is 24.7 Å². The minimum Gasteiger partial charge on any atom is -0.339 e. The van der Waals surface area contributed by atoms with E-state index in [4.69, 9.17) is 4.52 Å². The fourth-order valence-electron chi connectivity index (χ4n) is 1.34. The van der Waals surface area contributed by atoms with Crippen molar-refractivity contribution >= 4 is 10.0 Å². The van der Waals surface area contributed by atoms with Gasteiger partial charge in [-0.3, -0.25) is 0 Å². The summed E-state index contributed by atoms with van der Waals surface area (Å²) >= 11 is 0. The highest BCUT2D eigenvalue weighted by molar-refractivity contribution is 7.90. The van der Waals surface area contributed by atoms with Crippen LogP contribution < -0.4 is 10.0 Å². The molecule has 0 saturated carbocycles. The van der Waals surface area contributed by atoms with Gasteiger partial charge in [0.05, 0.1) is 5.25 Å². The van der Waals surface area contributed by atoms with Crippen LogP contribution in [0.4, 0.5) is 0 Å². The van der Waals surface area contributed by atoms with Crippen molar-refractivity contribution in [1.29, 1.82) is 0 Å². The quantitative estimate of drug-likeness (QED) is 0.684. The fourth-order valence-corrected chi connectivity index (χ4v) is 2.35. The van der Waals surface area contributed by atoms with E-state index in [2.05, 4.69) is 20.2 Å². The monoisotopic (exact) mass is 276 g/mol. The fraction of sp³-hybridized carbons (Fsp3) is 0.800. The maximum Gasteiger partial charge on any atom is 0.227 e. The van der Waals surface area contributed by atoms with Crippen molar-refractivity contribution in [2.45, 2.75) is 32.4 Å². The summed E-state index contributed by atoms with van der Waals surface area (Å²) in [6.07, 6.45) is 0.397. The summed E-state index contributed by atoms with van der Waals surface area (Å²) in [6, 6.07) is 0. The van der Waals surface area contributed by atoms with Gasteiger partial charge < -0.3 is 9.84 Å². The Labute approximate surface area is 107 Å². The zero-order valence-electron chi connectivity index (χ0n) is 10.9. The van der Waals surface area contributed by atoms with E-state index in [9.17, 15) is 8.42 Å². The molecule has 8 heteroatoms. The Kier molecular flexibility index (Phi) is 5.70. The standard InChI is InChI=1S/C10H20N4O3S/c1-4-11-7-8(2)18(15,16)12-6-5-10-13-9(3)14-17-10/h8,11-12H,4-7H2,1-3H3. The van der Waals surface area contributed by atoms with Crippen LogP contribution in [-0.2, 0) is 16.4 Å². The van der Waals surface area contributed by atoms with E-state index in [1.807, 2.05) is 6.92 Å². The van der Waals surface area contributed by atoms with E-state index < -0.39 is 15.3 Å². The molecule has 0 aromatic carbocycles. The number of nitrogens with zero attached hydrogens (tertiary/aromatic N) is 2. The predicted octanol–water partition coefficient (Wildman–Crippen LogP) is -0.162. The average Bonchev–Trinajstić information content (AvgIpc) is 2.71. The maximum absolute atomic E-state index is 11.8. The van der Waals surface area contributed by atoms with Gasteiger partial charge in [-0.1, -0.05) is 12.1 Å². The maximum atomic E-state index is 11.8. The number of rotatable bonds is 8. The van der Waals surface area contributed by atoms with Crippen molar-refractivity contribution in [3.05, 3.63) is 11.7 Å². The molecule has 0 aliphatic heterocycles. The smallest absolute Gasteiger partial charge is 0.227 e. The first-order valence-electron chi connectivity index (χ1n) is 5.94. The number of nitrogens with one attached hydrogen (secondary N) is 2. The highest BCUT2D eigenvalue weighted by Gasteiger charge is 2.19. The Balaban J connectivity index is 2.37. The van der Waals surface area contributed by atoms with Gasteiger partial charge in [-0.15, -0.1) is 0 Å². The lowest BCUT2D eigenvalue weighted by Crippen LogP contribution is -2.39. The lowest BCUT2D eigenvalue weighted by Gasteiger charge is -2.13. The molecule has 0 saturated heterocycles. The minimum atomic E-state index is -3.30. The molecule has 0 bridgehead atoms. The average molecular weight is 276 g/mol. The highest BCUT2D eigenvalue weighted by Crippen LogP contribution is 1.99. The molecule has 0 aliphatic carbocycles. The molecule has 7 nitrogen and oxygen atoms in total. The van der Waals surface area contributed by atoms with Crippen molar-refractivity contribution in [1.82, 2.24) is 20.2 Å². The molecule has 2 N–H and O–H groups in total. The Hall–Kier alpha value is -0.990. The molecule has 0 spiro atoms. The zero-order chi connectivity index (χ0) is 13.6. The summed E-state index contributed by atoms with van der Waals surface area (Å²) in [5, 5.41) is 6.17. The molecule has 1 heterocycles. The lowest BCUT2D eigenvalue weighted by molar-refractivity contribution is 0.374. The molecule has 18 heavy (non-hydrogen) atoms. The van der Waals surface area contributed by atoms with Gasteiger partial charge in [0.1, 0.15) is 0 Å². The molecule has 0 amide bonds. The largest absolute Gasteiger partial charge is 0.339 e. The van der Waals surface area contributed by atoms with Crippen molar-refractivity contribution in [3.8, 4) is 0 Å². The first-order chi connectivity index (χ1) is 8.45. The SMILES string of the molecule is CCNCC(C)S(=O)(=O)NCCc1nc(C)no1. The summed E-state index contributed by atoms with van der Waals surface area (Å²) in [5.74, 6) is 0.989. The van der Waals surface area contributed by atoms with Gasteiger partial charge in [0.25, 0.3) is 0 Å². The van der Waals surface area contributed by atoms with Gasteiger partial charge in [0.15, 0.2) is 5.82 Å². The first kappa shape index (κ1) is 15.1. The third-order valence-electron chi connectivity index (χ3n) is 2.42. The van der Waals surface area contributed by atoms with E-state index in [0.717, 1.165) is 6.54 Å². The number of hydrogen-bond donors (Lipinski definition) is 2. The van der Waals surface area contributed by atoms with E-state index in [-0.39, 0.29) is 6.54 Å². The predicted molar refractivity (Wildman–Crippen MR) is 67.7 cm³/mol. The highest BCUT2D eigenvalue weighted by atomic mass is 32.2. The number of sulfonamides is 1. The molecule has 0 fully saturated rings. The molecule has 0 radical (unpaired) electrons. The van der Waals surface area contributed by atoms with E-state index in [1.165, 1.54) is 0 Å². The lowest BCUT2D eigenvalue weighted by atomic mass is 10.4. The topological polar surface area (TPSA) is 97.1 Å². The molecule has 1 rings (SSSR count). The molecule has 1 aromatic rings. The van der Waals surface area contributed by atoms with Crippen LogP contribution >= 0.6 is 0 Å². The second-order valence-electron chi connectivity index (χ2n) is 4.04. The second kappa shape index (κ2) is 6.81. The Morgan fingerprint density at radius 3 is 2.72 bits per heavy atom. The van der Waals surface area contributed by atoms with Crippen LogP contribution in [0.1, 0.15) is 25.6 Å². The summed E-state index contributed by atoms with van der Waals surface area (Å²) in [7, 11) is -3.30. The van der Waals surface area contributed by atoms with Gasteiger partial charge in [-0.05, 0) is 20.4 Å². The van der Waals surface area contributed by atoms with Crippen LogP contribution in [0.15, 0.2) is 4.52 Å². The van der Waals surface area contributed by atoms with E-state index in [1.54, 1.807) is 13.8 Å². The van der Waals surface area contributed by atoms with Gasteiger partial charge in [0, 0.05) is 19.5 Å². The van der Waals surface area contributed by atoms with Crippen LogP contribution in [0.5, 0.6) is 0 Å². The Bertz CT molecular complexity index is 457. The first-order valence-corrected chi connectivity index (χ1v) is 7.48. The van der Waals surface area contributed by atoms with Crippen LogP contribution in [0.3, 0.4) is 0 Å². The summed E-state index contributed by atoms with van der Waals surface area (Å²) in [4.78, 5) is 4.00. The molecule has 1 unspecified atom stereocenters. The number of hydrogen-bond acceptors (Lipinski definition) is 6. The number of aromatic nitrogens is 2. The normalized spacial score (nSPS) is 13.7. The summed E-state index contributed by atoms with van der Waals surface area (Å²) < 4.78 is 31.1. The van der Waals surface area contributed by atoms with Gasteiger partial charge >= 0.3 is 0 Å². The Morgan fingerprint density at radius 2 is 2.17 bits per heavy atom. The van der Waals surface area contributed by atoms with Crippen molar-refractivity contribution in [2.75, 3.05) is 19.6 Å². The molecular weight excluding hydrogens is 256 g/mol. The van der Waals surface area contributed by atoms with Crippen LogP contribution in [0, 0.1) is 6.92 Å². The van der Waals surface area contributed by atoms with E-state index >= 15 is 0 Å². The van der Waals surface area contributed by atoms with Crippen molar-refractivity contribution in [2.24, 2.45) is 0 Å². The third-order valence-corrected chi connectivity index (χ3v) is 4.26. The van der Waals surface area contributed by atoms with Gasteiger partial charge in [0.2, 0.25) is 15.9 Å². The van der Waals surface area contributed by atoms with Crippen LogP contribution in [0.2, 0.25) is 0 Å². The molecular formula is C10H20N4O3S.